The number of hydrogen-bond acceptors (Lipinski definition) is 5. The van der Waals surface area contributed by atoms with E-state index in [0.29, 0.717) is 12.8 Å². The van der Waals surface area contributed by atoms with Gasteiger partial charge in [-0.3, -0.25) is 4.79 Å². The monoisotopic (exact) mass is 387 g/mol. The van der Waals surface area contributed by atoms with Crippen LogP contribution in [0.25, 0.3) is 0 Å². The first-order valence-electron chi connectivity index (χ1n) is 8.13. The van der Waals surface area contributed by atoms with Crippen LogP contribution in [0.1, 0.15) is 32.1 Å². The number of carbonyl (C=O) groups excluding carboxylic acids is 1. The van der Waals surface area contributed by atoms with Gasteiger partial charge in [-0.25, -0.2) is 26.3 Å². The van der Waals surface area contributed by atoms with E-state index in [0.717, 1.165) is 19.3 Å². The van der Waals surface area contributed by atoms with Crippen molar-refractivity contribution in [2.45, 2.75) is 54.0 Å². The number of primary amides is 1. The third-order valence-electron chi connectivity index (χ3n) is 4.53. The van der Waals surface area contributed by atoms with Crippen molar-refractivity contribution in [3.8, 4) is 0 Å². The molecule has 138 valence electrons. The summed E-state index contributed by atoms with van der Waals surface area (Å²) in [7, 11) is -7.48. The maximum Gasteiger partial charge on any atom is 0.240 e. The van der Waals surface area contributed by atoms with Gasteiger partial charge in [-0.2, -0.15) is 0 Å². The van der Waals surface area contributed by atoms with Crippen LogP contribution < -0.4 is 15.2 Å². The largest absolute Gasteiger partial charge is 0.369 e. The van der Waals surface area contributed by atoms with Crippen LogP contribution in [-0.2, 0) is 24.8 Å². The molecule has 8 nitrogen and oxygen atoms in total. The molecular weight excluding hydrogens is 366 g/mol. The summed E-state index contributed by atoms with van der Waals surface area (Å²) in [6.45, 7) is 0. The van der Waals surface area contributed by atoms with Gasteiger partial charge >= 0.3 is 0 Å². The molecule has 0 bridgehead atoms. The highest BCUT2D eigenvalue weighted by Crippen LogP contribution is 2.27. The fraction of sp³-hybridized carbons (Fsp3) is 0.533. The van der Waals surface area contributed by atoms with E-state index >= 15 is 0 Å². The Morgan fingerprint density at radius 2 is 1.40 bits per heavy atom. The second kappa shape index (κ2) is 6.67. The van der Waals surface area contributed by atoms with Crippen molar-refractivity contribution in [1.29, 1.82) is 0 Å². The number of nitrogens with one attached hydrogen (secondary N) is 2. The van der Waals surface area contributed by atoms with Crippen molar-refractivity contribution < 1.29 is 21.6 Å². The molecule has 0 radical (unpaired) electrons. The Morgan fingerprint density at radius 3 is 1.88 bits per heavy atom. The summed E-state index contributed by atoms with van der Waals surface area (Å²) in [5.41, 5.74) is 5.31. The highest BCUT2D eigenvalue weighted by Gasteiger charge is 2.35. The van der Waals surface area contributed by atoms with E-state index in [9.17, 15) is 21.6 Å². The third kappa shape index (κ3) is 4.20. The van der Waals surface area contributed by atoms with E-state index in [1.807, 2.05) is 0 Å². The van der Waals surface area contributed by atoms with Gasteiger partial charge in [0.15, 0.2) is 0 Å². The SMILES string of the molecule is NC(=O)[C@@H]1CCC[C@H]1NS(=O)(=O)c1ccc(S(=O)(=O)NC2CC2)cc1. The zero-order valence-electron chi connectivity index (χ0n) is 13.5. The van der Waals surface area contributed by atoms with Crippen LogP contribution >= 0.6 is 0 Å². The third-order valence-corrected chi connectivity index (χ3v) is 7.57. The van der Waals surface area contributed by atoms with Gasteiger partial charge in [-0.05, 0) is 49.9 Å². The molecule has 0 spiro atoms. The van der Waals surface area contributed by atoms with E-state index in [1.165, 1.54) is 24.3 Å². The minimum atomic E-state index is -3.86. The van der Waals surface area contributed by atoms with Crippen LogP contribution in [0.5, 0.6) is 0 Å². The Labute approximate surface area is 147 Å². The summed E-state index contributed by atoms with van der Waals surface area (Å²) >= 11 is 0. The van der Waals surface area contributed by atoms with Crippen molar-refractivity contribution in [3.05, 3.63) is 24.3 Å². The molecule has 1 amide bonds. The summed E-state index contributed by atoms with van der Waals surface area (Å²) in [4.78, 5) is 11.4. The Hall–Kier alpha value is -1.49. The lowest BCUT2D eigenvalue weighted by Crippen LogP contribution is -2.42. The maximum absolute atomic E-state index is 12.5. The molecule has 2 fully saturated rings. The van der Waals surface area contributed by atoms with Crippen LogP contribution in [0.2, 0.25) is 0 Å². The average Bonchev–Trinajstić information content (AvgIpc) is 3.21. The van der Waals surface area contributed by atoms with Gasteiger partial charge in [0.2, 0.25) is 26.0 Å². The van der Waals surface area contributed by atoms with E-state index in [4.69, 9.17) is 5.73 Å². The van der Waals surface area contributed by atoms with Crippen molar-refractivity contribution >= 4 is 26.0 Å². The molecule has 1 aromatic carbocycles. The molecule has 0 unspecified atom stereocenters. The topological polar surface area (TPSA) is 135 Å². The molecule has 3 rings (SSSR count). The van der Waals surface area contributed by atoms with Crippen LogP contribution in [0.15, 0.2) is 34.1 Å². The van der Waals surface area contributed by atoms with Gasteiger partial charge in [-0.1, -0.05) is 6.42 Å². The Bertz CT molecular complexity index is 861. The first-order chi connectivity index (χ1) is 11.7. The van der Waals surface area contributed by atoms with E-state index < -0.39 is 37.9 Å². The predicted molar refractivity (Wildman–Crippen MR) is 90.4 cm³/mol. The second-order valence-corrected chi connectivity index (χ2v) is 9.96. The molecule has 0 aromatic heterocycles. The smallest absolute Gasteiger partial charge is 0.240 e. The minimum Gasteiger partial charge on any atom is -0.369 e. The summed E-state index contributed by atoms with van der Waals surface area (Å²) in [6.07, 6.45) is 3.47. The molecule has 10 heteroatoms. The number of amides is 1. The standard InChI is InChI=1S/C15H21N3O5S2/c16-15(19)13-2-1-3-14(13)18-25(22,23)12-8-6-11(7-9-12)24(20,21)17-10-4-5-10/h6-10,13-14,17-18H,1-5H2,(H2,16,19)/t13-,14-/m1/s1. The lowest BCUT2D eigenvalue weighted by molar-refractivity contribution is -0.122. The van der Waals surface area contributed by atoms with Gasteiger partial charge in [0, 0.05) is 12.1 Å². The summed E-state index contributed by atoms with van der Waals surface area (Å²) in [6, 6.07) is 4.47. The molecule has 2 atom stereocenters. The van der Waals surface area contributed by atoms with E-state index in [1.54, 1.807) is 0 Å². The molecular formula is C15H21N3O5S2. The highest BCUT2D eigenvalue weighted by atomic mass is 32.2. The second-order valence-electron chi connectivity index (χ2n) is 6.53. The van der Waals surface area contributed by atoms with Crippen molar-refractivity contribution in [2.24, 2.45) is 11.7 Å². The zero-order chi connectivity index (χ0) is 18.2. The van der Waals surface area contributed by atoms with Crippen LogP contribution in [-0.4, -0.2) is 34.8 Å². The van der Waals surface area contributed by atoms with E-state index in [-0.39, 0.29) is 15.8 Å². The normalized spacial score (nSPS) is 24.3. The van der Waals surface area contributed by atoms with Gasteiger partial charge in [0.1, 0.15) is 0 Å². The van der Waals surface area contributed by atoms with Crippen molar-refractivity contribution in [3.63, 3.8) is 0 Å². The lowest BCUT2D eigenvalue weighted by Gasteiger charge is -2.18. The Kier molecular flexibility index (Phi) is 4.89. The molecule has 0 heterocycles. The molecule has 4 N–H and O–H groups in total. The highest BCUT2D eigenvalue weighted by molar-refractivity contribution is 7.90. The number of nitrogens with two attached hydrogens (primary N) is 1. The van der Waals surface area contributed by atoms with Crippen molar-refractivity contribution in [1.82, 2.24) is 9.44 Å². The summed E-state index contributed by atoms with van der Waals surface area (Å²) < 4.78 is 54.2. The molecule has 2 saturated carbocycles. The first kappa shape index (κ1) is 18.3. The lowest BCUT2D eigenvalue weighted by atomic mass is 10.0. The Morgan fingerprint density at radius 1 is 0.880 bits per heavy atom. The van der Waals surface area contributed by atoms with Crippen LogP contribution in [0.4, 0.5) is 0 Å². The fourth-order valence-corrected chi connectivity index (χ4v) is 5.61. The molecule has 1 aromatic rings. The molecule has 2 aliphatic carbocycles. The molecule has 25 heavy (non-hydrogen) atoms. The van der Waals surface area contributed by atoms with Gasteiger partial charge in [-0.15, -0.1) is 0 Å². The number of rotatable bonds is 7. The zero-order valence-corrected chi connectivity index (χ0v) is 15.1. The van der Waals surface area contributed by atoms with Crippen LogP contribution in [0, 0.1) is 5.92 Å². The summed E-state index contributed by atoms with van der Waals surface area (Å²) in [5, 5.41) is 0. The summed E-state index contributed by atoms with van der Waals surface area (Å²) in [5.74, 6) is -1.03. The number of sulfonamides is 2. The molecule has 0 aliphatic heterocycles. The number of carbonyl (C=O) groups is 1. The van der Waals surface area contributed by atoms with Gasteiger partial charge in [0.05, 0.1) is 15.7 Å². The molecule has 0 saturated heterocycles. The number of hydrogen-bond donors (Lipinski definition) is 3. The average molecular weight is 387 g/mol. The molecule has 2 aliphatic rings. The van der Waals surface area contributed by atoms with Gasteiger partial charge in [0.25, 0.3) is 0 Å². The van der Waals surface area contributed by atoms with Gasteiger partial charge < -0.3 is 5.73 Å². The Balaban J connectivity index is 1.75. The van der Waals surface area contributed by atoms with E-state index in [2.05, 4.69) is 9.44 Å². The number of benzene rings is 1. The van der Waals surface area contributed by atoms with Crippen LogP contribution in [0.3, 0.4) is 0 Å². The van der Waals surface area contributed by atoms with Crippen molar-refractivity contribution in [2.75, 3.05) is 0 Å². The predicted octanol–water partition coefficient (Wildman–Crippen LogP) is 0.0596. The maximum atomic E-state index is 12.5. The quantitative estimate of drug-likeness (QED) is 0.608. The first-order valence-corrected chi connectivity index (χ1v) is 11.1. The minimum absolute atomic E-state index is 0.0224. The fourth-order valence-electron chi connectivity index (χ4n) is 3.00.